The molecular formula is C27H27NO6. The van der Waals surface area contributed by atoms with E-state index in [0.717, 1.165) is 11.1 Å². The minimum Gasteiger partial charge on any atom is -0.497 e. The molecule has 0 radical (unpaired) electrons. The summed E-state index contributed by atoms with van der Waals surface area (Å²) in [5, 5.41) is 15.2. The molecule has 2 aliphatic heterocycles. The molecule has 1 fully saturated rings. The number of epoxide rings is 1. The zero-order chi connectivity index (χ0) is 23.7. The quantitative estimate of drug-likeness (QED) is 0.500. The van der Waals surface area contributed by atoms with E-state index in [0.29, 0.717) is 47.9 Å². The number of benzene rings is 3. The van der Waals surface area contributed by atoms with Gasteiger partial charge in [-0.15, -0.1) is 0 Å². The van der Waals surface area contributed by atoms with Crippen LogP contribution in [0, 0.1) is 0 Å². The van der Waals surface area contributed by atoms with Crippen LogP contribution in [0.2, 0.25) is 0 Å². The predicted molar refractivity (Wildman–Crippen MR) is 126 cm³/mol. The third-order valence-corrected chi connectivity index (χ3v) is 6.34. The summed E-state index contributed by atoms with van der Waals surface area (Å²) in [5.41, 5.74) is 1.56. The molecule has 2 N–H and O–H groups in total. The Morgan fingerprint density at radius 3 is 2.44 bits per heavy atom. The summed E-state index contributed by atoms with van der Waals surface area (Å²) >= 11 is 0. The Morgan fingerprint density at radius 2 is 1.79 bits per heavy atom. The van der Waals surface area contributed by atoms with Crippen LogP contribution in [0.4, 0.5) is 5.69 Å². The summed E-state index contributed by atoms with van der Waals surface area (Å²) in [6.45, 7) is 0.996. The number of hydrogen-bond acceptors (Lipinski definition) is 6. The molecule has 3 aromatic carbocycles. The second-order valence-corrected chi connectivity index (χ2v) is 8.51. The Hall–Kier alpha value is -3.39. The summed E-state index contributed by atoms with van der Waals surface area (Å²) < 4.78 is 22.7. The maximum atomic E-state index is 13.0. The molecule has 34 heavy (non-hydrogen) atoms. The number of carbonyl (C=O) groups is 1. The van der Waals surface area contributed by atoms with Gasteiger partial charge in [0.15, 0.2) is 11.7 Å². The smallest absolute Gasteiger partial charge is 0.257 e. The number of aliphatic hydroxyl groups is 1. The van der Waals surface area contributed by atoms with E-state index in [2.05, 4.69) is 5.32 Å². The van der Waals surface area contributed by atoms with Crippen LogP contribution < -0.4 is 14.8 Å². The van der Waals surface area contributed by atoms with E-state index < -0.39 is 17.6 Å². The molecule has 2 aliphatic rings. The number of ether oxygens (including phenoxy) is 4. The van der Waals surface area contributed by atoms with Crippen molar-refractivity contribution in [2.75, 3.05) is 26.1 Å². The largest absolute Gasteiger partial charge is 0.497 e. The average Bonchev–Trinajstić information content (AvgIpc) is 3.68. The topological polar surface area (TPSA) is 89.5 Å². The maximum absolute atomic E-state index is 13.0. The molecule has 0 aromatic heterocycles. The van der Waals surface area contributed by atoms with Gasteiger partial charge in [-0.3, -0.25) is 4.79 Å². The van der Waals surface area contributed by atoms with Crippen molar-refractivity contribution < 1.29 is 28.8 Å². The van der Waals surface area contributed by atoms with Crippen LogP contribution in [-0.2, 0) is 32.9 Å². The number of hydrogen-bond donors (Lipinski definition) is 2. The van der Waals surface area contributed by atoms with Crippen molar-refractivity contribution in [1.82, 2.24) is 0 Å². The number of methoxy groups -OCH3 is 2. The molecule has 1 saturated heterocycles. The zero-order valence-corrected chi connectivity index (χ0v) is 19.1. The third kappa shape index (κ3) is 4.03. The Kier molecular flexibility index (Phi) is 6.00. The van der Waals surface area contributed by atoms with Gasteiger partial charge in [-0.05, 0) is 34.9 Å². The van der Waals surface area contributed by atoms with Crippen molar-refractivity contribution in [3.8, 4) is 11.5 Å². The van der Waals surface area contributed by atoms with Gasteiger partial charge in [0.1, 0.15) is 18.1 Å². The fraction of sp³-hybridized carbons (Fsp3) is 0.296. The molecule has 176 valence electrons. The molecule has 2 heterocycles. The molecule has 3 unspecified atom stereocenters. The molecule has 3 atom stereocenters. The molecule has 1 amide bonds. The van der Waals surface area contributed by atoms with Crippen LogP contribution in [-0.4, -0.2) is 44.0 Å². The molecule has 0 saturated carbocycles. The minimum atomic E-state index is -1.79. The van der Waals surface area contributed by atoms with E-state index in [1.54, 1.807) is 37.4 Å². The van der Waals surface area contributed by atoms with E-state index in [1.165, 1.54) is 7.11 Å². The summed E-state index contributed by atoms with van der Waals surface area (Å²) in [6.07, 6.45) is -0.427. The first-order chi connectivity index (χ1) is 16.5. The molecule has 7 heteroatoms. The normalized spacial score (nSPS) is 23.1. The van der Waals surface area contributed by atoms with Gasteiger partial charge in [0.05, 0.1) is 31.1 Å². The van der Waals surface area contributed by atoms with Crippen molar-refractivity contribution in [1.29, 1.82) is 0 Å². The van der Waals surface area contributed by atoms with E-state index in [-0.39, 0.29) is 6.10 Å². The lowest BCUT2D eigenvalue weighted by molar-refractivity contribution is -0.142. The molecule has 7 nitrogen and oxygen atoms in total. The number of amides is 1. The number of nitrogens with one attached hydrogen (secondary N) is 1. The number of fused-ring (bicyclic) bond motifs is 1. The van der Waals surface area contributed by atoms with Crippen molar-refractivity contribution in [3.05, 3.63) is 89.0 Å². The number of anilines is 1. The highest BCUT2D eigenvalue weighted by Gasteiger charge is 2.52. The van der Waals surface area contributed by atoms with E-state index in [4.69, 9.17) is 18.9 Å². The predicted octanol–water partition coefficient (Wildman–Crippen LogP) is 3.42. The minimum absolute atomic E-state index is 0.114. The highest BCUT2D eigenvalue weighted by molar-refractivity contribution is 6.00. The maximum Gasteiger partial charge on any atom is 0.257 e. The first kappa shape index (κ1) is 22.4. The summed E-state index contributed by atoms with van der Waals surface area (Å²) in [5.74, 6) is 0.736. The van der Waals surface area contributed by atoms with Crippen molar-refractivity contribution in [2.45, 2.75) is 30.8 Å². The van der Waals surface area contributed by atoms with Gasteiger partial charge < -0.3 is 29.4 Å². The van der Waals surface area contributed by atoms with Crippen LogP contribution in [0.1, 0.15) is 22.3 Å². The van der Waals surface area contributed by atoms with E-state index >= 15 is 0 Å². The third-order valence-electron chi connectivity index (χ3n) is 6.34. The Balaban J connectivity index is 1.67. The van der Waals surface area contributed by atoms with Crippen LogP contribution in [0.3, 0.4) is 0 Å². The van der Waals surface area contributed by atoms with Crippen LogP contribution in [0.15, 0.2) is 66.7 Å². The fourth-order valence-corrected chi connectivity index (χ4v) is 4.53. The van der Waals surface area contributed by atoms with Crippen molar-refractivity contribution in [2.24, 2.45) is 0 Å². The first-order valence-corrected chi connectivity index (χ1v) is 11.2. The highest BCUT2D eigenvalue weighted by atomic mass is 16.6. The van der Waals surface area contributed by atoms with Gasteiger partial charge in [-0.2, -0.15) is 0 Å². The second-order valence-electron chi connectivity index (χ2n) is 8.51. The Morgan fingerprint density at radius 1 is 1.06 bits per heavy atom. The Bertz CT molecular complexity index is 1180. The first-order valence-electron chi connectivity index (χ1n) is 11.2. The van der Waals surface area contributed by atoms with Gasteiger partial charge in [0.25, 0.3) is 5.91 Å². The summed E-state index contributed by atoms with van der Waals surface area (Å²) in [7, 11) is 2.99. The lowest BCUT2D eigenvalue weighted by atomic mass is 9.76. The van der Waals surface area contributed by atoms with Gasteiger partial charge in [0.2, 0.25) is 0 Å². The van der Waals surface area contributed by atoms with Crippen LogP contribution >= 0.6 is 0 Å². The number of carbonyl (C=O) groups excluding carboxylic acids is 1. The van der Waals surface area contributed by atoms with Gasteiger partial charge in [0, 0.05) is 13.5 Å². The molecule has 0 spiro atoms. The lowest BCUT2D eigenvalue weighted by Crippen LogP contribution is -2.53. The lowest BCUT2D eigenvalue weighted by Gasteiger charge is -2.41. The molecule has 3 aromatic rings. The molecule has 0 bridgehead atoms. The van der Waals surface area contributed by atoms with Crippen molar-refractivity contribution >= 4 is 11.6 Å². The van der Waals surface area contributed by atoms with Gasteiger partial charge in [-0.25, -0.2) is 0 Å². The van der Waals surface area contributed by atoms with E-state index in [1.807, 2.05) is 36.4 Å². The summed E-state index contributed by atoms with van der Waals surface area (Å²) in [4.78, 5) is 13.0. The zero-order valence-electron chi connectivity index (χ0n) is 19.1. The number of rotatable bonds is 8. The second kappa shape index (κ2) is 9.10. The van der Waals surface area contributed by atoms with Crippen LogP contribution in [0.25, 0.3) is 0 Å². The molecular weight excluding hydrogens is 434 g/mol. The van der Waals surface area contributed by atoms with E-state index in [9.17, 15) is 9.90 Å². The standard InChI is InChI=1S/C27H27NO6/c1-31-20-11-9-19(10-12-20)27(30)23-22(28-26(29)25(27)32-2)13-8-18(14-21-16-33-21)24(23)34-15-17-6-4-3-5-7-17/h3-13,21,25,30H,14-16H2,1-2H3,(H,28,29). The SMILES string of the molecule is COc1ccc(C2(O)c3c(ccc(CC4CO4)c3OCc3ccccc3)NC(=O)C2OC)cc1. The van der Waals surface area contributed by atoms with Gasteiger partial charge >= 0.3 is 0 Å². The Labute approximate surface area is 198 Å². The van der Waals surface area contributed by atoms with Gasteiger partial charge in [-0.1, -0.05) is 48.5 Å². The average molecular weight is 462 g/mol. The van der Waals surface area contributed by atoms with Crippen molar-refractivity contribution in [3.63, 3.8) is 0 Å². The monoisotopic (exact) mass is 461 g/mol. The van der Waals surface area contributed by atoms with Crippen LogP contribution in [0.5, 0.6) is 11.5 Å². The fourth-order valence-electron chi connectivity index (χ4n) is 4.53. The highest BCUT2D eigenvalue weighted by Crippen LogP contribution is 2.49. The molecule has 5 rings (SSSR count). The summed E-state index contributed by atoms with van der Waals surface area (Å²) in [6, 6.07) is 20.5. The molecule has 0 aliphatic carbocycles.